The van der Waals surface area contributed by atoms with Gasteiger partial charge in [-0.25, -0.2) is 4.79 Å². The molecule has 5 rings (SSSR count). The third-order valence-corrected chi connectivity index (χ3v) is 7.36. The number of thiophene rings is 1. The van der Waals surface area contributed by atoms with Crippen LogP contribution >= 0.6 is 11.3 Å². The number of hydrogen-bond donors (Lipinski definition) is 0. The maximum Gasteiger partial charge on any atom is 0.410 e. The van der Waals surface area contributed by atoms with Crippen LogP contribution in [0, 0.1) is 0 Å². The number of nitrogens with zero attached hydrogens (tertiary/aromatic N) is 2. The lowest BCUT2D eigenvalue weighted by molar-refractivity contribution is 0.0237. The van der Waals surface area contributed by atoms with E-state index in [1.165, 1.54) is 16.5 Å². The van der Waals surface area contributed by atoms with E-state index in [2.05, 4.69) is 12.1 Å². The molecular formula is C29H30N2O4S. The molecule has 4 aromatic rings. The number of aromatic nitrogens is 1. The van der Waals surface area contributed by atoms with Crippen LogP contribution in [0.2, 0.25) is 0 Å². The van der Waals surface area contributed by atoms with E-state index in [-0.39, 0.29) is 11.7 Å². The molecule has 0 unspecified atom stereocenters. The number of ether oxygens (including phenoxy) is 2. The number of carbonyl (C=O) groups excluding carboxylic acids is 1. The Morgan fingerprint density at radius 1 is 1.06 bits per heavy atom. The van der Waals surface area contributed by atoms with Gasteiger partial charge in [0.05, 0.1) is 12.2 Å². The molecule has 1 amide bonds. The van der Waals surface area contributed by atoms with E-state index >= 15 is 0 Å². The van der Waals surface area contributed by atoms with E-state index in [0.29, 0.717) is 25.4 Å². The zero-order valence-electron chi connectivity index (χ0n) is 20.8. The Hall–Kier alpha value is -3.58. The normalized spacial score (nSPS) is 13.8. The highest BCUT2D eigenvalue weighted by molar-refractivity contribution is 7.19. The number of amides is 1. The van der Waals surface area contributed by atoms with Gasteiger partial charge in [-0.05, 0) is 68.3 Å². The van der Waals surface area contributed by atoms with Gasteiger partial charge >= 0.3 is 6.09 Å². The summed E-state index contributed by atoms with van der Waals surface area (Å²) in [7, 11) is 0. The quantitative estimate of drug-likeness (QED) is 0.328. The Kier molecular flexibility index (Phi) is 6.58. The van der Waals surface area contributed by atoms with Crippen molar-refractivity contribution in [3.05, 3.63) is 93.2 Å². The first-order chi connectivity index (χ1) is 17.3. The van der Waals surface area contributed by atoms with E-state index < -0.39 is 5.60 Å². The first-order valence-electron chi connectivity index (χ1n) is 12.2. The second-order valence-corrected chi connectivity index (χ2v) is 11.2. The summed E-state index contributed by atoms with van der Waals surface area (Å²) in [6.45, 7) is 7.30. The first-order valence-corrected chi connectivity index (χ1v) is 13.0. The fourth-order valence-electron chi connectivity index (χ4n) is 4.40. The predicted molar refractivity (Wildman–Crippen MR) is 143 cm³/mol. The lowest BCUT2D eigenvalue weighted by Crippen LogP contribution is -2.36. The molecule has 7 heteroatoms. The van der Waals surface area contributed by atoms with Gasteiger partial charge in [-0.15, -0.1) is 11.3 Å². The molecule has 0 aliphatic carbocycles. The monoisotopic (exact) mass is 502 g/mol. The zero-order chi connectivity index (χ0) is 25.3. The van der Waals surface area contributed by atoms with Crippen LogP contribution in [0.1, 0.15) is 43.2 Å². The summed E-state index contributed by atoms with van der Waals surface area (Å²) >= 11 is 1.74. The van der Waals surface area contributed by atoms with Gasteiger partial charge in [-0.3, -0.25) is 9.36 Å². The Morgan fingerprint density at radius 2 is 1.86 bits per heavy atom. The standard InChI is InChI=1S/C29H30N2O4S/c1-29(2,3)35-28(33)30-14-7-10-25-24(18-30)23-12-11-21(16-26(23)36-25)31-15-13-22(17-27(31)32)34-19-20-8-5-4-6-9-20/h4-6,8-9,11-13,15-17H,7,10,14,18-19H2,1-3H3. The molecular weight excluding hydrogens is 472 g/mol. The van der Waals surface area contributed by atoms with Crippen molar-refractivity contribution in [1.29, 1.82) is 0 Å². The number of fused-ring (bicyclic) bond motifs is 3. The van der Waals surface area contributed by atoms with E-state index in [9.17, 15) is 9.59 Å². The molecule has 3 heterocycles. The smallest absolute Gasteiger partial charge is 0.410 e. The highest BCUT2D eigenvalue weighted by atomic mass is 32.1. The maximum absolute atomic E-state index is 12.9. The van der Waals surface area contributed by atoms with Gasteiger partial charge in [-0.1, -0.05) is 36.4 Å². The van der Waals surface area contributed by atoms with E-state index in [4.69, 9.17) is 9.47 Å². The van der Waals surface area contributed by atoms with Crippen molar-refractivity contribution in [2.45, 2.75) is 52.4 Å². The van der Waals surface area contributed by atoms with Crippen LogP contribution in [-0.4, -0.2) is 27.7 Å². The largest absolute Gasteiger partial charge is 0.489 e. The van der Waals surface area contributed by atoms with Crippen molar-refractivity contribution in [2.24, 2.45) is 0 Å². The van der Waals surface area contributed by atoms with Crippen LogP contribution in [-0.2, 0) is 24.3 Å². The molecule has 0 fully saturated rings. The summed E-state index contributed by atoms with van der Waals surface area (Å²) < 4.78 is 14.2. The number of aryl methyl sites for hydroxylation is 1. The Morgan fingerprint density at radius 3 is 2.61 bits per heavy atom. The van der Waals surface area contributed by atoms with Gasteiger partial charge in [0.25, 0.3) is 5.56 Å². The average molecular weight is 503 g/mol. The third-order valence-electron chi connectivity index (χ3n) is 6.11. The number of pyridine rings is 1. The van der Waals surface area contributed by atoms with Crippen LogP contribution in [0.4, 0.5) is 4.79 Å². The summed E-state index contributed by atoms with van der Waals surface area (Å²) in [5.41, 5.74) is 2.38. The van der Waals surface area contributed by atoms with Gasteiger partial charge in [0.1, 0.15) is 18.0 Å². The van der Waals surface area contributed by atoms with Crippen molar-refractivity contribution in [1.82, 2.24) is 9.47 Å². The molecule has 2 aromatic heterocycles. The summed E-state index contributed by atoms with van der Waals surface area (Å²) in [5, 5.41) is 1.13. The Labute approximate surface area is 214 Å². The SMILES string of the molecule is CC(C)(C)OC(=O)N1CCCc2sc3cc(-n4ccc(OCc5ccccc5)cc4=O)ccc3c2C1. The van der Waals surface area contributed by atoms with Gasteiger partial charge in [0.15, 0.2) is 0 Å². The van der Waals surface area contributed by atoms with Crippen LogP contribution < -0.4 is 10.3 Å². The minimum absolute atomic E-state index is 0.144. The van der Waals surface area contributed by atoms with E-state index in [1.54, 1.807) is 27.0 Å². The summed E-state index contributed by atoms with van der Waals surface area (Å²) in [5.74, 6) is 0.547. The predicted octanol–water partition coefficient (Wildman–Crippen LogP) is 6.31. The molecule has 36 heavy (non-hydrogen) atoms. The molecule has 1 aliphatic heterocycles. The summed E-state index contributed by atoms with van der Waals surface area (Å²) in [4.78, 5) is 28.7. The second kappa shape index (κ2) is 9.82. The molecule has 2 aromatic carbocycles. The highest BCUT2D eigenvalue weighted by Crippen LogP contribution is 2.36. The lowest BCUT2D eigenvalue weighted by Gasteiger charge is -2.26. The van der Waals surface area contributed by atoms with E-state index in [0.717, 1.165) is 34.2 Å². The van der Waals surface area contributed by atoms with E-state index in [1.807, 2.05) is 63.2 Å². The number of hydrogen-bond acceptors (Lipinski definition) is 5. The fourth-order valence-corrected chi connectivity index (χ4v) is 5.69. The fraction of sp³-hybridized carbons (Fsp3) is 0.310. The number of carbonyl (C=O) groups is 1. The maximum atomic E-state index is 12.9. The van der Waals surface area contributed by atoms with Crippen LogP contribution in [0.3, 0.4) is 0 Å². The topological polar surface area (TPSA) is 60.8 Å². The van der Waals surface area contributed by atoms with Crippen LogP contribution in [0.5, 0.6) is 5.75 Å². The lowest BCUT2D eigenvalue weighted by atomic mass is 10.1. The summed E-state index contributed by atoms with van der Waals surface area (Å²) in [6, 6.07) is 19.3. The van der Waals surface area contributed by atoms with Gasteiger partial charge in [0, 0.05) is 28.4 Å². The number of benzene rings is 2. The number of rotatable bonds is 4. The van der Waals surface area contributed by atoms with Crippen molar-refractivity contribution in [2.75, 3.05) is 6.54 Å². The minimum atomic E-state index is -0.521. The van der Waals surface area contributed by atoms with Crippen molar-refractivity contribution >= 4 is 27.5 Å². The first kappa shape index (κ1) is 24.1. The van der Waals surface area contributed by atoms with Gasteiger partial charge < -0.3 is 14.4 Å². The highest BCUT2D eigenvalue weighted by Gasteiger charge is 2.26. The molecule has 0 saturated carbocycles. The van der Waals surface area contributed by atoms with Crippen molar-refractivity contribution < 1.29 is 14.3 Å². The van der Waals surface area contributed by atoms with Crippen molar-refractivity contribution in [3.63, 3.8) is 0 Å². The molecule has 0 radical (unpaired) electrons. The molecule has 186 valence electrons. The molecule has 0 spiro atoms. The van der Waals surface area contributed by atoms with Gasteiger partial charge in [0.2, 0.25) is 0 Å². The van der Waals surface area contributed by atoms with Gasteiger partial charge in [-0.2, -0.15) is 0 Å². The second-order valence-electron chi connectivity index (χ2n) is 10.0. The zero-order valence-corrected chi connectivity index (χ0v) is 21.6. The minimum Gasteiger partial charge on any atom is -0.489 e. The average Bonchev–Trinajstić information content (AvgIpc) is 3.03. The molecule has 0 saturated heterocycles. The molecule has 6 nitrogen and oxygen atoms in total. The molecule has 1 aliphatic rings. The molecule has 0 atom stereocenters. The Bertz CT molecular complexity index is 1450. The molecule has 0 bridgehead atoms. The molecule has 0 N–H and O–H groups in total. The third kappa shape index (κ3) is 5.31. The van der Waals surface area contributed by atoms with Crippen LogP contribution in [0.15, 0.2) is 71.7 Å². The summed E-state index contributed by atoms with van der Waals surface area (Å²) in [6.07, 6.45) is 3.31. The Balaban J connectivity index is 1.37. The van der Waals surface area contributed by atoms with Crippen LogP contribution in [0.25, 0.3) is 15.8 Å². The van der Waals surface area contributed by atoms with Crippen molar-refractivity contribution in [3.8, 4) is 11.4 Å².